The predicted molar refractivity (Wildman–Crippen MR) is 102 cm³/mol. The molecule has 27 heavy (non-hydrogen) atoms. The number of halogens is 1. The predicted octanol–water partition coefficient (Wildman–Crippen LogP) is 2.58. The highest BCUT2D eigenvalue weighted by Crippen LogP contribution is 2.12. The first kappa shape index (κ1) is 20.4. The normalized spacial score (nSPS) is 10.3. The van der Waals surface area contributed by atoms with Gasteiger partial charge in [0.2, 0.25) is 11.8 Å². The number of amides is 2. The van der Waals surface area contributed by atoms with Gasteiger partial charge in [-0.1, -0.05) is 24.3 Å². The molecule has 6 heteroatoms. The average molecular weight is 372 g/mol. The molecule has 0 saturated heterocycles. The molecule has 0 aliphatic carbocycles. The van der Waals surface area contributed by atoms with Crippen molar-refractivity contribution in [3.63, 3.8) is 0 Å². The van der Waals surface area contributed by atoms with E-state index in [1.165, 1.54) is 19.1 Å². The molecule has 0 radical (unpaired) electrons. The number of carbonyl (C=O) groups is 2. The molecule has 0 bridgehead atoms. The van der Waals surface area contributed by atoms with Crippen LogP contribution < -0.4 is 10.1 Å². The summed E-state index contributed by atoms with van der Waals surface area (Å²) < 4.78 is 18.0. The van der Waals surface area contributed by atoms with Crippen molar-refractivity contribution in [3.8, 4) is 5.75 Å². The molecule has 2 aromatic rings. The highest BCUT2D eigenvalue weighted by Gasteiger charge is 2.10. The number of carbonyl (C=O) groups excluding carboxylic acids is 2. The Hall–Kier alpha value is -2.89. The maximum absolute atomic E-state index is 12.9. The molecule has 0 saturated carbocycles. The van der Waals surface area contributed by atoms with Gasteiger partial charge in [0, 0.05) is 26.6 Å². The topological polar surface area (TPSA) is 58.6 Å². The van der Waals surface area contributed by atoms with Crippen molar-refractivity contribution in [2.45, 2.75) is 19.8 Å². The molecule has 2 aromatic carbocycles. The second-order valence-corrected chi connectivity index (χ2v) is 6.26. The summed E-state index contributed by atoms with van der Waals surface area (Å²) in [4.78, 5) is 25.5. The summed E-state index contributed by atoms with van der Waals surface area (Å²) in [5.74, 6) is 0.288. The highest BCUT2D eigenvalue weighted by atomic mass is 19.1. The first-order valence-corrected chi connectivity index (χ1v) is 8.87. The zero-order valence-corrected chi connectivity index (χ0v) is 15.7. The Morgan fingerprint density at radius 3 is 2.22 bits per heavy atom. The molecular weight excluding hydrogens is 347 g/mol. The minimum Gasteiger partial charge on any atom is -0.497 e. The summed E-state index contributed by atoms with van der Waals surface area (Å²) in [7, 11) is 1.62. The maximum Gasteiger partial charge on any atom is 0.224 e. The molecule has 0 aliphatic rings. The lowest BCUT2D eigenvalue weighted by atomic mass is 10.1. The lowest BCUT2D eigenvalue weighted by molar-refractivity contribution is -0.129. The molecular formula is C21H25FN2O3. The number of hydrogen-bond acceptors (Lipinski definition) is 3. The average Bonchev–Trinajstić information content (AvgIpc) is 2.66. The Balaban J connectivity index is 1.75. The molecule has 0 spiro atoms. The van der Waals surface area contributed by atoms with E-state index in [0.717, 1.165) is 23.3 Å². The van der Waals surface area contributed by atoms with Crippen molar-refractivity contribution in [2.24, 2.45) is 0 Å². The zero-order chi connectivity index (χ0) is 19.6. The van der Waals surface area contributed by atoms with Gasteiger partial charge in [-0.25, -0.2) is 4.39 Å². The third kappa shape index (κ3) is 7.09. The largest absolute Gasteiger partial charge is 0.497 e. The number of benzene rings is 2. The summed E-state index contributed by atoms with van der Waals surface area (Å²) in [5.41, 5.74) is 1.86. The Morgan fingerprint density at radius 2 is 1.63 bits per heavy atom. The Morgan fingerprint density at radius 1 is 1.00 bits per heavy atom. The van der Waals surface area contributed by atoms with E-state index in [2.05, 4.69) is 5.32 Å². The molecule has 0 aliphatic heterocycles. The summed E-state index contributed by atoms with van der Waals surface area (Å²) in [6.07, 6.45) is 0.916. The molecule has 0 fully saturated rings. The van der Waals surface area contributed by atoms with Gasteiger partial charge in [0.05, 0.1) is 13.5 Å². The van der Waals surface area contributed by atoms with Gasteiger partial charge in [-0.15, -0.1) is 0 Å². The number of rotatable bonds is 9. The van der Waals surface area contributed by atoms with Gasteiger partial charge in [-0.2, -0.15) is 0 Å². The molecule has 0 atom stereocenters. The number of methoxy groups -OCH3 is 1. The quantitative estimate of drug-likeness (QED) is 0.736. The molecule has 0 heterocycles. The van der Waals surface area contributed by atoms with E-state index < -0.39 is 0 Å². The standard InChI is InChI=1S/C21H25FN2O3/c1-16(25)24(13-11-17-5-9-20(27-2)10-6-17)14-12-23-21(26)15-18-3-7-19(22)8-4-18/h3-10H,11-15H2,1-2H3,(H,23,26). The molecule has 1 N–H and O–H groups in total. The van der Waals surface area contributed by atoms with Gasteiger partial charge in [0.15, 0.2) is 0 Å². The van der Waals surface area contributed by atoms with E-state index in [4.69, 9.17) is 4.74 Å². The third-order valence-electron chi connectivity index (χ3n) is 4.26. The van der Waals surface area contributed by atoms with Crippen molar-refractivity contribution < 1.29 is 18.7 Å². The van der Waals surface area contributed by atoms with Crippen LogP contribution in [0.5, 0.6) is 5.75 Å². The van der Waals surface area contributed by atoms with E-state index in [1.807, 2.05) is 24.3 Å². The Labute approximate surface area is 159 Å². The van der Waals surface area contributed by atoms with E-state index in [0.29, 0.717) is 19.6 Å². The monoisotopic (exact) mass is 372 g/mol. The fraction of sp³-hybridized carbons (Fsp3) is 0.333. The number of hydrogen-bond donors (Lipinski definition) is 1. The van der Waals surface area contributed by atoms with Crippen LogP contribution in [0, 0.1) is 5.82 Å². The van der Waals surface area contributed by atoms with Crippen molar-refractivity contribution in [3.05, 3.63) is 65.5 Å². The summed E-state index contributed by atoms with van der Waals surface area (Å²) in [5, 5.41) is 2.80. The van der Waals surface area contributed by atoms with E-state index in [-0.39, 0.29) is 24.1 Å². The van der Waals surface area contributed by atoms with Gasteiger partial charge in [0.1, 0.15) is 11.6 Å². The molecule has 144 valence electrons. The van der Waals surface area contributed by atoms with Crippen molar-refractivity contribution in [1.82, 2.24) is 10.2 Å². The SMILES string of the molecule is COc1ccc(CCN(CCNC(=O)Cc2ccc(F)cc2)C(C)=O)cc1. The van der Waals surface area contributed by atoms with Crippen LogP contribution in [-0.4, -0.2) is 43.5 Å². The summed E-state index contributed by atoms with van der Waals surface area (Å²) >= 11 is 0. The fourth-order valence-corrected chi connectivity index (χ4v) is 2.66. The lowest BCUT2D eigenvalue weighted by Gasteiger charge is -2.21. The summed E-state index contributed by atoms with van der Waals surface area (Å²) in [6.45, 7) is 2.92. The second kappa shape index (κ2) is 10.3. The van der Waals surface area contributed by atoms with Gasteiger partial charge in [-0.3, -0.25) is 9.59 Å². The van der Waals surface area contributed by atoms with Crippen molar-refractivity contribution >= 4 is 11.8 Å². The van der Waals surface area contributed by atoms with Gasteiger partial charge in [0.25, 0.3) is 0 Å². The van der Waals surface area contributed by atoms with Crippen LogP contribution in [-0.2, 0) is 22.4 Å². The lowest BCUT2D eigenvalue weighted by Crippen LogP contribution is -2.39. The van der Waals surface area contributed by atoms with Gasteiger partial charge >= 0.3 is 0 Å². The minimum absolute atomic E-state index is 0.0312. The van der Waals surface area contributed by atoms with Crippen LogP contribution in [0.4, 0.5) is 4.39 Å². The maximum atomic E-state index is 12.9. The zero-order valence-electron chi connectivity index (χ0n) is 15.7. The molecule has 0 aromatic heterocycles. The minimum atomic E-state index is -0.326. The number of nitrogens with zero attached hydrogens (tertiary/aromatic N) is 1. The second-order valence-electron chi connectivity index (χ2n) is 6.26. The Kier molecular flexibility index (Phi) is 7.79. The highest BCUT2D eigenvalue weighted by molar-refractivity contribution is 5.78. The molecule has 2 rings (SSSR count). The van der Waals surface area contributed by atoms with Crippen molar-refractivity contribution in [2.75, 3.05) is 26.7 Å². The first-order chi connectivity index (χ1) is 13.0. The van der Waals surface area contributed by atoms with Crippen LogP contribution in [0.25, 0.3) is 0 Å². The van der Waals surface area contributed by atoms with E-state index in [9.17, 15) is 14.0 Å². The van der Waals surface area contributed by atoms with E-state index >= 15 is 0 Å². The Bertz CT molecular complexity index is 745. The smallest absolute Gasteiger partial charge is 0.224 e. The van der Waals surface area contributed by atoms with E-state index in [1.54, 1.807) is 24.1 Å². The van der Waals surface area contributed by atoms with Gasteiger partial charge < -0.3 is 15.0 Å². The van der Waals surface area contributed by atoms with Crippen LogP contribution in [0.1, 0.15) is 18.1 Å². The van der Waals surface area contributed by atoms with Crippen LogP contribution in [0.15, 0.2) is 48.5 Å². The number of nitrogens with one attached hydrogen (secondary N) is 1. The summed E-state index contributed by atoms with van der Waals surface area (Å²) in [6, 6.07) is 13.6. The van der Waals surface area contributed by atoms with Gasteiger partial charge in [-0.05, 0) is 41.8 Å². The van der Waals surface area contributed by atoms with Crippen LogP contribution >= 0.6 is 0 Å². The molecule has 0 unspecified atom stereocenters. The fourth-order valence-electron chi connectivity index (χ4n) is 2.66. The van der Waals surface area contributed by atoms with Crippen LogP contribution in [0.2, 0.25) is 0 Å². The third-order valence-corrected chi connectivity index (χ3v) is 4.26. The molecule has 2 amide bonds. The first-order valence-electron chi connectivity index (χ1n) is 8.87. The van der Waals surface area contributed by atoms with Crippen molar-refractivity contribution in [1.29, 1.82) is 0 Å². The van der Waals surface area contributed by atoms with Crippen LogP contribution in [0.3, 0.4) is 0 Å². The molecule has 5 nitrogen and oxygen atoms in total. The number of ether oxygens (including phenoxy) is 1.